The summed E-state index contributed by atoms with van der Waals surface area (Å²) in [6, 6.07) is 13.6. The fraction of sp³-hybridized carbons (Fsp3) is 0.517. The normalized spacial score (nSPS) is 14.1. The van der Waals surface area contributed by atoms with Crippen molar-refractivity contribution in [2.24, 2.45) is 5.73 Å². The van der Waals surface area contributed by atoms with Gasteiger partial charge in [0.25, 0.3) is 0 Å². The van der Waals surface area contributed by atoms with Crippen LogP contribution >= 0.6 is 0 Å². The highest BCUT2D eigenvalue weighted by Gasteiger charge is 2.26. The predicted octanol–water partition coefficient (Wildman–Crippen LogP) is 7.26. The number of nitrogens with one attached hydrogen (secondary N) is 6. The van der Waals surface area contributed by atoms with Crippen molar-refractivity contribution < 1.29 is 46.5 Å². The molecular weight excluding hydrogens is 1140 g/mol. The largest absolute Gasteiger partial charge is 0.497 e. The molecule has 6 heterocycles. The molecular formula is C60H88N16O10S. The predicted molar refractivity (Wildman–Crippen MR) is 339 cm³/mol. The summed E-state index contributed by atoms with van der Waals surface area (Å²) in [6.45, 7) is 28.1. The lowest BCUT2D eigenvalue weighted by molar-refractivity contribution is 0.0145. The van der Waals surface area contributed by atoms with Gasteiger partial charge in [-0.15, -0.1) is 0 Å². The number of sulfone groups is 1. The number of methoxy groups -OCH3 is 4. The number of pyridine rings is 2. The summed E-state index contributed by atoms with van der Waals surface area (Å²) >= 11 is 0. The van der Waals surface area contributed by atoms with E-state index in [-0.39, 0.29) is 28.7 Å². The van der Waals surface area contributed by atoms with Gasteiger partial charge in [-0.1, -0.05) is 0 Å². The fourth-order valence-corrected chi connectivity index (χ4v) is 9.42. The molecule has 0 radical (unpaired) electrons. The summed E-state index contributed by atoms with van der Waals surface area (Å²) in [5.74, 6) is 3.42. The zero-order valence-electron chi connectivity index (χ0n) is 52.8. The molecule has 0 spiro atoms. The van der Waals surface area contributed by atoms with Gasteiger partial charge in [0.2, 0.25) is 20.9 Å². The zero-order valence-corrected chi connectivity index (χ0v) is 53.6. The van der Waals surface area contributed by atoms with Gasteiger partial charge in [-0.05, 0) is 142 Å². The van der Waals surface area contributed by atoms with E-state index in [9.17, 15) is 22.8 Å². The van der Waals surface area contributed by atoms with E-state index in [1.165, 1.54) is 20.4 Å². The molecule has 0 saturated carbocycles. The molecule has 27 heteroatoms. The Morgan fingerprint density at radius 3 is 1.48 bits per heavy atom. The second kappa shape index (κ2) is 30.6. The molecule has 2 aliphatic rings. The third-order valence-electron chi connectivity index (χ3n) is 13.1. The summed E-state index contributed by atoms with van der Waals surface area (Å²) < 4.78 is 50.7. The van der Waals surface area contributed by atoms with E-state index in [1.54, 1.807) is 55.6 Å². The molecule has 474 valence electrons. The maximum Gasteiger partial charge on any atom is 0.410 e. The van der Waals surface area contributed by atoms with E-state index >= 15 is 0 Å². The third-order valence-corrected chi connectivity index (χ3v) is 13.9. The highest BCUT2D eigenvalue weighted by molar-refractivity contribution is 7.90. The second-order valence-electron chi connectivity index (χ2n) is 23.9. The van der Waals surface area contributed by atoms with E-state index in [0.717, 1.165) is 109 Å². The van der Waals surface area contributed by atoms with Crippen LogP contribution in [0.25, 0.3) is 44.3 Å². The number of nitrogens with zero attached hydrogens (tertiary/aromatic N) is 9. The van der Waals surface area contributed by atoms with E-state index in [4.69, 9.17) is 34.4 Å². The number of hydrogen-bond donors (Lipinski definition) is 7. The van der Waals surface area contributed by atoms with E-state index < -0.39 is 32.5 Å². The van der Waals surface area contributed by atoms with Crippen LogP contribution in [0, 0.1) is 0 Å². The van der Waals surface area contributed by atoms with Crippen molar-refractivity contribution in [1.29, 1.82) is 0 Å². The quantitative estimate of drug-likeness (QED) is 0.0349. The van der Waals surface area contributed by atoms with Gasteiger partial charge < -0.3 is 60.5 Å². The van der Waals surface area contributed by atoms with Crippen LogP contribution in [0.1, 0.15) is 75.2 Å². The number of rotatable bonds is 17. The van der Waals surface area contributed by atoms with Gasteiger partial charge in [0.05, 0.1) is 28.4 Å². The minimum Gasteiger partial charge on any atom is -0.497 e. The number of anilines is 3. The molecule has 2 fully saturated rings. The number of carbonyl (C=O) groups excluding carboxylic acids is 3. The molecule has 8 N–H and O–H groups in total. The summed E-state index contributed by atoms with van der Waals surface area (Å²) in [5, 5.41) is 18.9. The number of ether oxygens (including phenoxy) is 5. The molecule has 5 amide bonds. The molecule has 8 rings (SSSR count). The SMILES string of the molecule is CC(C)(C)OC(=O)N1CCN(CCCN)CC1.COc1cc(OC)cc(-c2cc3cnc(NCCCN4CCNCC4)nc3nc2NC(=O)NC(C)(C)C)c1.COc1cc(OC)cc(-c2cc3cnc(S(C)(=O)=O)nc3nc2NC(=O)NC(C)(C)C)c1. The Morgan fingerprint density at radius 2 is 1.05 bits per heavy atom. The van der Waals surface area contributed by atoms with Crippen molar-refractivity contribution in [1.82, 2.24) is 60.6 Å². The topological polar surface area (TPSA) is 317 Å². The molecule has 87 heavy (non-hydrogen) atoms. The second-order valence-corrected chi connectivity index (χ2v) is 25.8. The monoisotopic (exact) mass is 1220 g/mol. The minimum absolute atomic E-state index is 0.130. The van der Waals surface area contributed by atoms with Crippen molar-refractivity contribution >= 4 is 67.6 Å². The number of aromatic nitrogens is 6. The van der Waals surface area contributed by atoms with Gasteiger partial charge in [0.15, 0.2) is 11.3 Å². The average molecular weight is 1230 g/mol. The van der Waals surface area contributed by atoms with Crippen LogP contribution in [0.4, 0.5) is 32.0 Å². The molecule has 2 saturated heterocycles. The molecule has 0 unspecified atom stereocenters. The van der Waals surface area contributed by atoms with Crippen LogP contribution in [0.5, 0.6) is 23.0 Å². The van der Waals surface area contributed by atoms with Gasteiger partial charge >= 0.3 is 18.2 Å². The number of carbonyl (C=O) groups is 3. The summed E-state index contributed by atoms with van der Waals surface area (Å²) in [5.41, 5.74) is 7.47. The first-order valence-electron chi connectivity index (χ1n) is 28.8. The standard InChI is InChI=1S/C27H38N8O3.C21H25N5O5S.C12H25N3O2/c1-27(2,3)34-26(36)33-24-22(18-13-20(37-4)16-21(14-18)38-5)15-19-17-30-25(32-23(19)31-24)29-7-6-10-35-11-8-28-9-12-35;1-21(2,3)26-19(27)24-18-16(12-7-14(30-4)10-15(8-12)31-5)9-13-11-22-20(32(6,28)29)25-17(13)23-18;1-12(2,3)17-11(16)15-9-7-14(8-10-15)6-4-5-13/h13-17,28H,6-12H2,1-5H3,(H3,29,30,31,32,33,34,36);7-11H,1-6H3,(H2,22,23,24,25,26,27);4-10,13H2,1-3H3. The molecule has 0 bridgehead atoms. The molecule has 0 aliphatic carbocycles. The first kappa shape index (κ1) is 68.1. The van der Waals surface area contributed by atoms with Crippen LogP contribution < -0.4 is 56.6 Å². The van der Waals surface area contributed by atoms with Gasteiger partial charge in [-0.3, -0.25) is 15.5 Å². The minimum atomic E-state index is -3.63. The van der Waals surface area contributed by atoms with E-state index in [1.807, 2.05) is 80.5 Å². The maximum absolute atomic E-state index is 12.8. The maximum atomic E-state index is 12.8. The molecule has 26 nitrogen and oxygen atoms in total. The number of nitrogens with two attached hydrogens (primary N) is 1. The highest BCUT2D eigenvalue weighted by atomic mass is 32.2. The number of urea groups is 2. The van der Waals surface area contributed by atoms with Gasteiger partial charge in [0.1, 0.15) is 40.2 Å². The average Bonchev–Trinajstić information content (AvgIpc) is 0.929. The Morgan fingerprint density at radius 1 is 0.598 bits per heavy atom. The Hall–Kier alpha value is -7.98. The summed E-state index contributed by atoms with van der Waals surface area (Å²) in [6.07, 6.45) is 5.95. The Balaban J connectivity index is 0.000000223. The molecule has 2 aromatic carbocycles. The zero-order chi connectivity index (χ0) is 63.7. The van der Waals surface area contributed by atoms with Crippen LogP contribution in [0.2, 0.25) is 0 Å². The molecule has 2 aliphatic heterocycles. The Kier molecular flexibility index (Phi) is 24.0. The van der Waals surface area contributed by atoms with Crippen molar-refractivity contribution in [2.45, 2.75) is 97.0 Å². The number of piperazine rings is 2. The van der Waals surface area contributed by atoms with Crippen molar-refractivity contribution in [3.05, 3.63) is 60.9 Å². The van der Waals surface area contributed by atoms with Crippen molar-refractivity contribution in [3.8, 4) is 45.3 Å². The van der Waals surface area contributed by atoms with E-state index in [0.29, 0.717) is 62.5 Å². The van der Waals surface area contributed by atoms with Crippen molar-refractivity contribution in [3.63, 3.8) is 0 Å². The molecule has 0 atom stereocenters. The van der Waals surface area contributed by atoms with Crippen molar-refractivity contribution in [2.75, 3.05) is 129 Å². The first-order valence-corrected chi connectivity index (χ1v) is 30.7. The van der Waals surface area contributed by atoms with Crippen LogP contribution in [-0.4, -0.2) is 201 Å². The van der Waals surface area contributed by atoms with Crippen LogP contribution in [-0.2, 0) is 14.6 Å². The van der Waals surface area contributed by atoms with Crippen LogP contribution in [0.3, 0.4) is 0 Å². The van der Waals surface area contributed by atoms with Gasteiger partial charge in [0, 0.05) is 123 Å². The summed E-state index contributed by atoms with van der Waals surface area (Å²) in [7, 11) is 2.63. The Labute approximate surface area is 510 Å². The Bertz CT molecular complexity index is 3370. The lowest BCUT2D eigenvalue weighted by atomic mass is 10.0. The number of fused-ring (bicyclic) bond motifs is 2. The number of amides is 5. The lowest BCUT2D eigenvalue weighted by Crippen LogP contribution is -2.50. The molecule has 6 aromatic rings. The number of hydrogen-bond acceptors (Lipinski definition) is 21. The van der Waals surface area contributed by atoms with Gasteiger partial charge in [-0.25, -0.2) is 42.7 Å². The molecule has 4 aromatic heterocycles. The first-order chi connectivity index (χ1) is 41.0. The lowest BCUT2D eigenvalue weighted by Gasteiger charge is -2.35. The van der Waals surface area contributed by atoms with Gasteiger partial charge in [-0.2, -0.15) is 9.97 Å². The number of benzene rings is 2. The van der Waals surface area contributed by atoms with Crippen LogP contribution in [0.15, 0.2) is 66.1 Å². The fourth-order valence-electron chi connectivity index (χ4n) is 8.92. The summed E-state index contributed by atoms with van der Waals surface area (Å²) in [4.78, 5) is 70.0. The highest BCUT2D eigenvalue weighted by Crippen LogP contribution is 2.37. The third kappa shape index (κ3) is 21.7. The smallest absolute Gasteiger partial charge is 0.410 e. The van der Waals surface area contributed by atoms with E-state index in [2.05, 4.69) is 66.6 Å².